The molecule has 0 fully saturated rings. The summed E-state index contributed by atoms with van der Waals surface area (Å²) in [5, 5.41) is 10.9. The van der Waals surface area contributed by atoms with E-state index in [2.05, 4.69) is 9.97 Å². The minimum absolute atomic E-state index is 0.00965. The number of carbonyl (C=O) groups excluding carboxylic acids is 1. The van der Waals surface area contributed by atoms with Gasteiger partial charge < -0.3 is 20.4 Å². The Morgan fingerprint density at radius 3 is 2.62 bits per heavy atom. The van der Waals surface area contributed by atoms with Crippen molar-refractivity contribution in [2.24, 2.45) is 0 Å². The van der Waals surface area contributed by atoms with Crippen molar-refractivity contribution in [1.82, 2.24) is 19.1 Å². The van der Waals surface area contributed by atoms with Gasteiger partial charge in [0.2, 0.25) is 12.2 Å². The van der Waals surface area contributed by atoms with Crippen LogP contribution >= 0.6 is 0 Å². The van der Waals surface area contributed by atoms with Crippen molar-refractivity contribution in [3.8, 4) is 0 Å². The van der Waals surface area contributed by atoms with Crippen molar-refractivity contribution < 1.29 is 9.72 Å². The van der Waals surface area contributed by atoms with E-state index in [1.54, 1.807) is 24.3 Å². The summed E-state index contributed by atoms with van der Waals surface area (Å²) in [5.41, 5.74) is 5.33. The molecule has 0 saturated carbocycles. The lowest BCUT2D eigenvalue weighted by molar-refractivity contribution is -0.389. The van der Waals surface area contributed by atoms with Crippen LogP contribution in [0.5, 0.6) is 0 Å². The third kappa shape index (κ3) is 4.91. The molecule has 2 aromatic heterocycles. The van der Waals surface area contributed by atoms with E-state index in [1.807, 2.05) is 13.0 Å². The Morgan fingerprint density at radius 1 is 1.28 bits per heavy atom. The number of amides is 1. The Hall–Kier alpha value is -4.22. The molecule has 12 nitrogen and oxygen atoms in total. The lowest BCUT2D eigenvalue weighted by Crippen LogP contribution is -2.42. The van der Waals surface area contributed by atoms with Gasteiger partial charge in [-0.1, -0.05) is 43.7 Å². The number of aromatic nitrogens is 4. The summed E-state index contributed by atoms with van der Waals surface area (Å²) in [6, 6.07) is 8.94. The summed E-state index contributed by atoms with van der Waals surface area (Å²) in [5.74, 6) is -1.08. The summed E-state index contributed by atoms with van der Waals surface area (Å²) in [7, 11) is 0. The van der Waals surface area contributed by atoms with Gasteiger partial charge in [-0.25, -0.2) is 4.79 Å². The number of rotatable bonds is 9. The molecule has 0 spiro atoms. The Labute approximate surface area is 182 Å². The average Bonchev–Trinajstić information content (AvgIpc) is 3.22. The summed E-state index contributed by atoms with van der Waals surface area (Å²) in [4.78, 5) is 55.5. The minimum Gasteiger partial charge on any atom is -0.383 e. The number of aromatic amines is 1. The Balaban J connectivity index is 2.04. The predicted octanol–water partition coefficient (Wildman–Crippen LogP) is 1.26. The highest BCUT2D eigenvalue weighted by Crippen LogP contribution is 2.21. The van der Waals surface area contributed by atoms with Crippen LogP contribution in [-0.2, 0) is 24.4 Å². The molecule has 0 aliphatic rings. The molecule has 1 amide bonds. The van der Waals surface area contributed by atoms with Gasteiger partial charge in [-0.2, -0.15) is 0 Å². The maximum Gasteiger partial charge on any atom is 0.381 e. The van der Waals surface area contributed by atoms with Crippen LogP contribution in [0.15, 0.2) is 52.4 Å². The fraction of sp³-hybridized carbons (Fsp3) is 0.300. The van der Waals surface area contributed by atoms with Gasteiger partial charge in [0, 0.05) is 6.54 Å². The molecular weight excluding hydrogens is 418 g/mol. The van der Waals surface area contributed by atoms with E-state index in [1.165, 1.54) is 14.0 Å². The standard InChI is InChI=1S/C20H23N7O5/c1-2-3-9-25-18(21)17(19(29)23-20(25)30)26(10-14-7-5-4-6-8-14)16(28)12-24-11-15(22-13-24)27(31)32/h4-8,11,13H,2-3,9-10,12,21H2,1H3,(H,23,29,30). The van der Waals surface area contributed by atoms with Gasteiger partial charge in [-0.05, 0) is 21.9 Å². The van der Waals surface area contributed by atoms with Gasteiger partial charge in [0.15, 0.2) is 5.69 Å². The fourth-order valence-corrected chi connectivity index (χ4v) is 3.20. The second kappa shape index (κ2) is 9.73. The van der Waals surface area contributed by atoms with Crippen molar-refractivity contribution in [3.05, 3.63) is 79.4 Å². The molecule has 1 aromatic carbocycles. The molecule has 0 unspecified atom stereocenters. The van der Waals surface area contributed by atoms with Gasteiger partial charge in [0.05, 0.1) is 6.54 Å². The molecule has 3 N–H and O–H groups in total. The van der Waals surface area contributed by atoms with E-state index >= 15 is 0 Å². The van der Waals surface area contributed by atoms with E-state index in [9.17, 15) is 24.5 Å². The molecule has 0 atom stereocenters. The van der Waals surface area contributed by atoms with Crippen LogP contribution in [-0.4, -0.2) is 29.9 Å². The predicted molar refractivity (Wildman–Crippen MR) is 117 cm³/mol. The monoisotopic (exact) mass is 441 g/mol. The summed E-state index contributed by atoms with van der Waals surface area (Å²) < 4.78 is 2.48. The van der Waals surface area contributed by atoms with Gasteiger partial charge in [-0.3, -0.25) is 24.0 Å². The number of hydrogen-bond donors (Lipinski definition) is 2. The number of nitrogens with one attached hydrogen (secondary N) is 1. The van der Waals surface area contributed by atoms with Crippen LogP contribution < -0.4 is 21.9 Å². The van der Waals surface area contributed by atoms with Gasteiger partial charge >= 0.3 is 11.5 Å². The number of unbranched alkanes of at least 4 members (excludes halogenated alkanes) is 1. The molecular formula is C20H23N7O5. The van der Waals surface area contributed by atoms with Crippen molar-refractivity contribution in [1.29, 1.82) is 0 Å². The van der Waals surface area contributed by atoms with Crippen LogP contribution in [0.3, 0.4) is 0 Å². The second-order valence-electron chi connectivity index (χ2n) is 7.13. The normalized spacial score (nSPS) is 10.8. The average molecular weight is 441 g/mol. The molecule has 12 heteroatoms. The number of nitrogen functional groups attached to an aromatic ring is 1. The summed E-state index contributed by atoms with van der Waals surface area (Å²) >= 11 is 0. The number of nitro groups is 1. The summed E-state index contributed by atoms with van der Waals surface area (Å²) in [6.07, 6.45) is 3.73. The molecule has 3 rings (SSSR count). The molecule has 0 radical (unpaired) electrons. The second-order valence-corrected chi connectivity index (χ2v) is 7.13. The molecule has 0 aliphatic carbocycles. The van der Waals surface area contributed by atoms with Crippen LogP contribution in [0.4, 0.5) is 17.3 Å². The first kappa shape index (κ1) is 22.5. The lowest BCUT2D eigenvalue weighted by atomic mass is 10.2. The first-order valence-corrected chi connectivity index (χ1v) is 9.94. The van der Waals surface area contributed by atoms with Crippen molar-refractivity contribution >= 4 is 23.2 Å². The molecule has 32 heavy (non-hydrogen) atoms. The molecule has 168 valence electrons. The largest absolute Gasteiger partial charge is 0.383 e. The molecule has 0 aliphatic heterocycles. The number of nitrogens with zero attached hydrogens (tertiary/aromatic N) is 5. The highest BCUT2D eigenvalue weighted by Gasteiger charge is 2.25. The minimum atomic E-state index is -0.791. The van der Waals surface area contributed by atoms with E-state index < -0.39 is 27.9 Å². The zero-order chi connectivity index (χ0) is 23.3. The first-order chi connectivity index (χ1) is 15.3. The highest BCUT2D eigenvalue weighted by molar-refractivity contribution is 5.95. The smallest absolute Gasteiger partial charge is 0.381 e. The van der Waals surface area contributed by atoms with Gasteiger partial charge in [0.25, 0.3) is 5.56 Å². The maximum atomic E-state index is 13.2. The Morgan fingerprint density at radius 2 is 2.00 bits per heavy atom. The number of anilines is 2. The van der Waals surface area contributed by atoms with E-state index in [0.29, 0.717) is 6.42 Å². The first-order valence-electron chi connectivity index (χ1n) is 9.94. The zero-order valence-corrected chi connectivity index (χ0v) is 17.4. The van der Waals surface area contributed by atoms with E-state index in [-0.39, 0.29) is 31.1 Å². The van der Waals surface area contributed by atoms with Gasteiger partial charge in [-0.15, -0.1) is 0 Å². The van der Waals surface area contributed by atoms with E-state index in [4.69, 9.17) is 5.73 Å². The SMILES string of the molecule is CCCCn1c(N)c(N(Cc2ccccc2)C(=O)Cn2cnc([N+](=O)[O-])c2)c(=O)[nH]c1=O. The third-order valence-corrected chi connectivity index (χ3v) is 4.83. The number of nitrogens with two attached hydrogens (primary N) is 1. The number of imidazole rings is 1. The fourth-order valence-electron chi connectivity index (χ4n) is 3.20. The molecule has 0 bridgehead atoms. The molecule has 0 saturated heterocycles. The van der Waals surface area contributed by atoms with Crippen LogP contribution in [0.25, 0.3) is 0 Å². The van der Waals surface area contributed by atoms with Crippen molar-refractivity contribution in [2.75, 3.05) is 10.6 Å². The van der Waals surface area contributed by atoms with Crippen LogP contribution in [0, 0.1) is 10.1 Å². The topological polar surface area (TPSA) is 162 Å². The van der Waals surface area contributed by atoms with Crippen LogP contribution in [0.1, 0.15) is 25.3 Å². The number of benzene rings is 1. The van der Waals surface area contributed by atoms with Crippen LogP contribution in [0.2, 0.25) is 0 Å². The highest BCUT2D eigenvalue weighted by atomic mass is 16.6. The summed E-state index contributed by atoms with van der Waals surface area (Å²) in [6.45, 7) is 1.92. The molecule has 3 aromatic rings. The van der Waals surface area contributed by atoms with Crippen molar-refractivity contribution in [2.45, 2.75) is 39.4 Å². The number of carbonyl (C=O) groups is 1. The quantitative estimate of drug-likeness (QED) is 0.373. The maximum absolute atomic E-state index is 13.2. The Kier molecular flexibility index (Phi) is 6.83. The van der Waals surface area contributed by atoms with Crippen molar-refractivity contribution in [3.63, 3.8) is 0 Å². The zero-order valence-electron chi connectivity index (χ0n) is 17.4. The number of H-pyrrole nitrogens is 1. The third-order valence-electron chi connectivity index (χ3n) is 4.83. The lowest BCUT2D eigenvalue weighted by Gasteiger charge is -2.24. The Bertz CT molecular complexity index is 1230. The van der Waals surface area contributed by atoms with Gasteiger partial charge in [0.1, 0.15) is 18.6 Å². The number of hydrogen-bond acceptors (Lipinski definition) is 7. The van der Waals surface area contributed by atoms with E-state index in [0.717, 1.165) is 24.5 Å². The molecule has 2 heterocycles.